The second-order valence-electron chi connectivity index (χ2n) is 5.77. The van der Waals surface area contributed by atoms with Gasteiger partial charge in [-0.05, 0) is 53.8 Å². The summed E-state index contributed by atoms with van der Waals surface area (Å²) in [5, 5.41) is 10.2. The van der Waals surface area contributed by atoms with E-state index in [4.69, 9.17) is 4.98 Å². The van der Waals surface area contributed by atoms with E-state index in [0.29, 0.717) is 5.92 Å². The molecule has 0 saturated carbocycles. The van der Waals surface area contributed by atoms with Gasteiger partial charge in [0.05, 0.1) is 11.8 Å². The van der Waals surface area contributed by atoms with Crippen LogP contribution in [0.15, 0.2) is 0 Å². The molecule has 0 atom stereocenters. The zero-order chi connectivity index (χ0) is 13.3. The molecular formula is C14H21N3S. The van der Waals surface area contributed by atoms with Gasteiger partial charge < -0.3 is 4.90 Å². The van der Waals surface area contributed by atoms with Crippen molar-refractivity contribution in [2.24, 2.45) is 0 Å². The summed E-state index contributed by atoms with van der Waals surface area (Å²) in [7, 11) is 2.17. The van der Waals surface area contributed by atoms with Crippen LogP contribution in [0.1, 0.15) is 48.2 Å². The van der Waals surface area contributed by atoms with Gasteiger partial charge in [-0.3, -0.25) is 0 Å². The Morgan fingerprint density at radius 2 is 2.00 bits per heavy atom. The van der Waals surface area contributed by atoms with Gasteiger partial charge in [0.25, 0.3) is 0 Å². The largest absolute Gasteiger partial charge is 0.306 e. The lowest BCUT2D eigenvalue weighted by Gasteiger charge is -2.28. The maximum Gasteiger partial charge on any atom is 0.113 e. The summed E-state index contributed by atoms with van der Waals surface area (Å²) < 4.78 is 0. The van der Waals surface area contributed by atoms with Crippen molar-refractivity contribution in [1.29, 1.82) is 5.26 Å². The van der Waals surface area contributed by atoms with Gasteiger partial charge in [0.15, 0.2) is 0 Å². The first-order chi connectivity index (χ1) is 8.44. The summed E-state index contributed by atoms with van der Waals surface area (Å²) in [5.41, 5.74) is 0.783. The molecule has 0 aromatic carbocycles. The number of nitriles is 1. The summed E-state index contributed by atoms with van der Waals surface area (Å²) >= 11 is 1.69. The predicted molar refractivity (Wildman–Crippen MR) is 75.0 cm³/mol. The van der Waals surface area contributed by atoms with Gasteiger partial charge in [-0.25, -0.2) is 4.98 Å². The minimum absolute atomic E-state index is 0.459. The van der Waals surface area contributed by atoms with Crippen molar-refractivity contribution in [3.8, 4) is 6.07 Å². The molecule has 0 spiro atoms. The molecule has 0 N–H and O–H groups in total. The van der Waals surface area contributed by atoms with Crippen LogP contribution >= 0.6 is 11.3 Å². The number of likely N-dealkylation sites (tertiary alicyclic amines) is 1. The Morgan fingerprint density at radius 3 is 2.56 bits per heavy atom. The van der Waals surface area contributed by atoms with Crippen LogP contribution in [-0.2, 0) is 5.41 Å². The zero-order valence-corrected chi connectivity index (χ0v) is 12.5. The molecule has 2 heterocycles. The van der Waals surface area contributed by atoms with Crippen LogP contribution in [0.25, 0.3) is 0 Å². The molecule has 0 bridgehead atoms. The lowest BCUT2D eigenvalue weighted by molar-refractivity contribution is 0.253. The Morgan fingerprint density at radius 1 is 1.39 bits per heavy atom. The molecule has 1 aromatic heterocycles. The third-order valence-electron chi connectivity index (χ3n) is 3.75. The monoisotopic (exact) mass is 263 g/mol. The number of nitrogens with zero attached hydrogens (tertiary/aromatic N) is 3. The first-order valence-corrected chi connectivity index (χ1v) is 7.33. The van der Waals surface area contributed by atoms with Crippen LogP contribution in [0.3, 0.4) is 0 Å². The summed E-state index contributed by atoms with van der Waals surface area (Å²) in [6, 6.07) is 2.35. The maximum absolute atomic E-state index is 9.20. The van der Waals surface area contributed by atoms with E-state index in [9.17, 15) is 5.26 Å². The highest BCUT2D eigenvalue weighted by atomic mass is 32.1. The molecule has 0 unspecified atom stereocenters. The first-order valence-electron chi connectivity index (χ1n) is 6.51. The second-order valence-corrected chi connectivity index (χ2v) is 6.98. The molecule has 4 heteroatoms. The van der Waals surface area contributed by atoms with Crippen molar-refractivity contribution in [3.05, 3.63) is 15.6 Å². The molecule has 0 radical (unpaired) electrons. The average Bonchev–Trinajstić information content (AvgIpc) is 2.73. The first kappa shape index (κ1) is 13.5. The number of hydrogen-bond donors (Lipinski definition) is 0. The van der Waals surface area contributed by atoms with Crippen LogP contribution in [0, 0.1) is 18.3 Å². The third-order valence-corrected chi connectivity index (χ3v) is 5.06. The fourth-order valence-corrected chi connectivity index (χ4v) is 3.44. The highest BCUT2D eigenvalue weighted by molar-refractivity contribution is 7.11. The van der Waals surface area contributed by atoms with Gasteiger partial charge >= 0.3 is 0 Å². The van der Waals surface area contributed by atoms with Crippen molar-refractivity contribution in [2.45, 2.75) is 44.9 Å². The molecule has 98 valence electrons. The topological polar surface area (TPSA) is 39.9 Å². The quantitative estimate of drug-likeness (QED) is 0.823. The van der Waals surface area contributed by atoms with E-state index in [1.54, 1.807) is 11.3 Å². The summed E-state index contributed by atoms with van der Waals surface area (Å²) in [6.07, 6.45) is 2.38. The molecule has 1 saturated heterocycles. The Bertz CT molecular complexity index is 462. The maximum atomic E-state index is 9.20. The van der Waals surface area contributed by atoms with Crippen molar-refractivity contribution in [3.63, 3.8) is 0 Å². The minimum atomic E-state index is -0.459. The van der Waals surface area contributed by atoms with Crippen molar-refractivity contribution < 1.29 is 0 Å². The summed E-state index contributed by atoms with van der Waals surface area (Å²) in [5.74, 6) is 0.584. The number of piperidine rings is 1. The average molecular weight is 263 g/mol. The van der Waals surface area contributed by atoms with Crippen LogP contribution in [0.5, 0.6) is 0 Å². The molecule has 1 aliphatic rings. The highest BCUT2D eigenvalue weighted by Crippen LogP contribution is 2.35. The molecule has 1 aliphatic heterocycles. The Hall–Kier alpha value is -0.920. The van der Waals surface area contributed by atoms with Gasteiger partial charge in [-0.2, -0.15) is 5.26 Å². The van der Waals surface area contributed by atoms with E-state index in [-0.39, 0.29) is 0 Å². The standard InChI is InChI=1S/C14H21N3S/c1-10-12(11-5-7-17(4)8-6-11)16-13(18-10)14(2,3)9-15/h11H,5-8H2,1-4H3. The molecule has 1 aromatic rings. The SMILES string of the molecule is Cc1sc(C(C)(C)C#N)nc1C1CCN(C)CC1. The Kier molecular flexibility index (Phi) is 3.74. The number of thiazole rings is 1. The van der Waals surface area contributed by atoms with E-state index in [1.165, 1.54) is 23.4 Å². The lowest BCUT2D eigenvalue weighted by atomic mass is 9.92. The highest BCUT2D eigenvalue weighted by Gasteiger charge is 2.28. The zero-order valence-electron chi connectivity index (χ0n) is 11.7. The normalized spacial score (nSPS) is 18.8. The van der Waals surface area contributed by atoms with Crippen LogP contribution < -0.4 is 0 Å². The number of rotatable bonds is 2. The van der Waals surface area contributed by atoms with Crippen LogP contribution in [0.4, 0.5) is 0 Å². The lowest BCUT2D eigenvalue weighted by Crippen LogP contribution is -2.29. The minimum Gasteiger partial charge on any atom is -0.306 e. The summed E-state index contributed by atoms with van der Waals surface area (Å²) in [4.78, 5) is 8.45. The molecule has 2 rings (SSSR count). The van der Waals surface area contributed by atoms with Crippen molar-refractivity contribution >= 4 is 11.3 Å². The van der Waals surface area contributed by atoms with Gasteiger partial charge in [-0.15, -0.1) is 11.3 Å². The van der Waals surface area contributed by atoms with Gasteiger partial charge in [-0.1, -0.05) is 0 Å². The van der Waals surface area contributed by atoms with Crippen molar-refractivity contribution in [2.75, 3.05) is 20.1 Å². The molecular weight excluding hydrogens is 242 g/mol. The van der Waals surface area contributed by atoms with E-state index in [1.807, 2.05) is 13.8 Å². The second kappa shape index (κ2) is 4.99. The third kappa shape index (κ3) is 2.57. The van der Waals surface area contributed by atoms with Gasteiger partial charge in [0.1, 0.15) is 10.4 Å². The molecule has 3 nitrogen and oxygen atoms in total. The molecule has 0 amide bonds. The Labute approximate surface area is 113 Å². The number of aromatic nitrogens is 1. The van der Waals surface area contributed by atoms with Crippen LogP contribution in [-0.4, -0.2) is 30.0 Å². The summed E-state index contributed by atoms with van der Waals surface area (Å²) in [6.45, 7) is 8.34. The molecule has 1 fully saturated rings. The fourth-order valence-electron chi connectivity index (χ4n) is 2.38. The number of aryl methyl sites for hydroxylation is 1. The molecule has 0 aliphatic carbocycles. The van der Waals surface area contributed by atoms with Gasteiger partial charge in [0.2, 0.25) is 0 Å². The Balaban J connectivity index is 2.23. The van der Waals surface area contributed by atoms with E-state index >= 15 is 0 Å². The van der Waals surface area contributed by atoms with Gasteiger partial charge in [0, 0.05) is 10.8 Å². The van der Waals surface area contributed by atoms with Crippen LogP contribution in [0.2, 0.25) is 0 Å². The number of hydrogen-bond acceptors (Lipinski definition) is 4. The van der Waals surface area contributed by atoms with E-state index in [0.717, 1.165) is 18.1 Å². The fraction of sp³-hybridized carbons (Fsp3) is 0.714. The molecule has 18 heavy (non-hydrogen) atoms. The van der Waals surface area contributed by atoms with E-state index in [2.05, 4.69) is 24.9 Å². The van der Waals surface area contributed by atoms with E-state index < -0.39 is 5.41 Å². The van der Waals surface area contributed by atoms with Crippen molar-refractivity contribution in [1.82, 2.24) is 9.88 Å². The smallest absolute Gasteiger partial charge is 0.113 e. The predicted octanol–water partition coefficient (Wildman–Crippen LogP) is 3.06.